The molecule has 0 aliphatic heterocycles. The highest BCUT2D eigenvalue weighted by Gasteiger charge is 2.35. The van der Waals surface area contributed by atoms with Crippen LogP contribution in [0.5, 0.6) is 0 Å². The van der Waals surface area contributed by atoms with Gasteiger partial charge in [0.2, 0.25) is 5.91 Å². The lowest BCUT2D eigenvalue weighted by atomic mass is 9.78. The zero-order chi connectivity index (χ0) is 19.4. The number of fused-ring (bicyclic) bond motifs is 1. The molecular formula is C18H20N2O5S2. The summed E-state index contributed by atoms with van der Waals surface area (Å²) in [5.74, 6) is -2.66. The summed E-state index contributed by atoms with van der Waals surface area (Å²) in [7, 11) is 0. The minimum absolute atomic E-state index is 0.0774. The number of thioether (sulfide) groups is 1. The van der Waals surface area contributed by atoms with Gasteiger partial charge in [-0.1, -0.05) is 24.6 Å². The molecule has 1 amide bonds. The number of hydrogen-bond acceptors (Lipinski definition) is 6. The molecule has 1 fully saturated rings. The van der Waals surface area contributed by atoms with Crippen LogP contribution in [0, 0.1) is 11.8 Å². The molecule has 27 heavy (non-hydrogen) atoms. The highest BCUT2D eigenvalue weighted by atomic mass is 32.2. The van der Waals surface area contributed by atoms with Crippen LogP contribution in [0.15, 0.2) is 22.5 Å². The Balaban J connectivity index is 1.68. The van der Waals surface area contributed by atoms with Crippen LogP contribution in [0.2, 0.25) is 0 Å². The Morgan fingerprint density at radius 1 is 1.19 bits per heavy atom. The molecule has 1 aliphatic carbocycles. The monoisotopic (exact) mass is 408 g/mol. The lowest BCUT2D eigenvalue weighted by Crippen LogP contribution is -2.36. The van der Waals surface area contributed by atoms with E-state index in [1.165, 1.54) is 23.1 Å². The molecule has 0 bridgehead atoms. The number of anilines is 1. The number of benzene rings is 1. The van der Waals surface area contributed by atoms with Gasteiger partial charge in [0.15, 0.2) is 4.34 Å². The van der Waals surface area contributed by atoms with E-state index < -0.39 is 23.8 Å². The first-order valence-electron chi connectivity index (χ1n) is 8.73. The predicted molar refractivity (Wildman–Crippen MR) is 104 cm³/mol. The van der Waals surface area contributed by atoms with E-state index in [1.54, 1.807) is 12.1 Å². The molecular weight excluding hydrogens is 388 g/mol. The van der Waals surface area contributed by atoms with Crippen molar-refractivity contribution in [3.8, 4) is 0 Å². The van der Waals surface area contributed by atoms with Crippen LogP contribution in [0.25, 0.3) is 10.2 Å². The second-order valence-electron chi connectivity index (χ2n) is 6.48. The van der Waals surface area contributed by atoms with E-state index in [0.717, 1.165) is 27.4 Å². The molecule has 144 valence electrons. The van der Waals surface area contributed by atoms with E-state index in [-0.39, 0.29) is 12.3 Å². The van der Waals surface area contributed by atoms with Gasteiger partial charge in [-0.15, -0.1) is 11.3 Å². The third kappa shape index (κ3) is 4.98. The Morgan fingerprint density at radius 3 is 2.63 bits per heavy atom. The molecule has 0 radical (unpaired) electrons. The minimum Gasteiger partial charge on any atom is -0.481 e. The maximum absolute atomic E-state index is 12.6. The Morgan fingerprint density at radius 2 is 1.93 bits per heavy atom. The molecule has 9 heteroatoms. The summed E-state index contributed by atoms with van der Waals surface area (Å²) < 4.78 is 1.68. The van der Waals surface area contributed by atoms with Crippen molar-refractivity contribution in [2.24, 2.45) is 11.8 Å². The normalized spacial score (nSPS) is 19.7. The van der Waals surface area contributed by atoms with Crippen molar-refractivity contribution >= 4 is 56.8 Å². The van der Waals surface area contributed by atoms with Gasteiger partial charge in [0.25, 0.3) is 0 Å². The summed E-state index contributed by atoms with van der Waals surface area (Å²) in [4.78, 5) is 39.0. The molecule has 1 aliphatic rings. The van der Waals surface area contributed by atoms with Gasteiger partial charge >= 0.3 is 11.9 Å². The van der Waals surface area contributed by atoms with Gasteiger partial charge in [0, 0.05) is 11.4 Å². The topological polar surface area (TPSA) is 117 Å². The largest absolute Gasteiger partial charge is 0.481 e. The highest BCUT2D eigenvalue weighted by molar-refractivity contribution is 8.01. The number of hydrogen-bond donors (Lipinski definition) is 3. The molecule has 2 atom stereocenters. The van der Waals surface area contributed by atoms with Crippen molar-refractivity contribution in [1.82, 2.24) is 4.98 Å². The fraction of sp³-hybridized carbons (Fsp3) is 0.444. The van der Waals surface area contributed by atoms with E-state index in [2.05, 4.69) is 10.3 Å². The van der Waals surface area contributed by atoms with Gasteiger partial charge in [-0.2, -0.15) is 0 Å². The number of carboxylic acids is 2. The molecule has 1 aromatic heterocycles. The van der Waals surface area contributed by atoms with E-state index in [4.69, 9.17) is 5.11 Å². The van der Waals surface area contributed by atoms with Crippen molar-refractivity contribution in [3.05, 3.63) is 18.2 Å². The second kappa shape index (κ2) is 8.71. The molecule has 1 heterocycles. The number of aromatic nitrogens is 1. The third-order valence-electron chi connectivity index (χ3n) is 4.60. The first kappa shape index (κ1) is 19.6. The van der Waals surface area contributed by atoms with Gasteiger partial charge in [-0.25, -0.2) is 4.98 Å². The highest BCUT2D eigenvalue weighted by Crippen LogP contribution is 2.33. The summed E-state index contributed by atoms with van der Waals surface area (Å²) in [5, 5.41) is 20.9. The average Bonchev–Trinajstić information content (AvgIpc) is 3.03. The molecule has 1 aromatic carbocycles. The van der Waals surface area contributed by atoms with Gasteiger partial charge in [-0.3, -0.25) is 14.4 Å². The lowest BCUT2D eigenvalue weighted by molar-refractivity contribution is -0.147. The zero-order valence-electron chi connectivity index (χ0n) is 14.5. The zero-order valence-corrected chi connectivity index (χ0v) is 16.1. The average molecular weight is 409 g/mol. The van der Waals surface area contributed by atoms with Gasteiger partial charge in [0.1, 0.15) is 0 Å². The Kier molecular flexibility index (Phi) is 6.33. The third-order valence-corrected chi connectivity index (χ3v) is 6.76. The Bertz CT molecular complexity index is 867. The summed E-state index contributed by atoms with van der Waals surface area (Å²) in [6.07, 6.45) is 2.92. The van der Waals surface area contributed by atoms with Crippen LogP contribution in [-0.4, -0.2) is 38.8 Å². The van der Waals surface area contributed by atoms with Crippen LogP contribution in [0.1, 0.15) is 32.1 Å². The van der Waals surface area contributed by atoms with Crippen LogP contribution in [0.4, 0.5) is 5.69 Å². The molecule has 0 saturated heterocycles. The summed E-state index contributed by atoms with van der Waals surface area (Å²) in [5.41, 5.74) is 1.41. The van der Waals surface area contributed by atoms with Crippen molar-refractivity contribution < 1.29 is 24.6 Å². The van der Waals surface area contributed by atoms with Crippen molar-refractivity contribution in [2.45, 2.75) is 36.4 Å². The number of nitrogens with zero attached hydrogens (tertiary/aromatic N) is 1. The van der Waals surface area contributed by atoms with E-state index >= 15 is 0 Å². The summed E-state index contributed by atoms with van der Waals surface area (Å²) >= 11 is 2.84. The minimum atomic E-state index is -0.907. The van der Waals surface area contributed by atoms with Crippen molar-refractivity contribution in [2.75, 3.05) is 11.1 Å². The Labute approximate surface area is 164 Å². The number of thiazole rings is 1. The predicted octanol–water partition coefficient (Wildman–Crippen LogP) is 3.69. The molecule has 2 aromatic rings. The smallest absolute Gasteiger partial charge is 0.307 e. The van der Waals surface area contributed by atoms with Crippen LogP contribution >= 0.6 is 23.1 Å². The molecule has 7 nitrogen and oxygen atoms in total. The first-order chi connectivity index (χ1) is 12.9. The standard InChI is InChI=1S/C18H20N2O5S2/c21-15(22)7-8-26-18-20-13-6-5-10(9-14(13)27-18)19-16(23)11-3-1-2-4-12(11)17(24)25/h5-6,9,11-12H,1-4,7-8H2,(H,19,23)(H,21,22)(H,24,25)/t11-,12+/m0/s1. The number of aliphatic carboxylic acids is 2. The first-order valence-corrected chi connectivity index (χ1v) is 10.5. The van der Waals surface area contributed by atoms with Crippen molar-refractivity contribution in [1.29, 1.82) is 0 Å². The number of rotatable bonds is 7. The van der Waals surface area contributed by atoms with E-state index in [1.807, 2.05) is 6.07 Å². The molecule has 0 spiro atoms. The summed E-state index contributed by atoms with van der Waals surface area (Å²) in [6, 6.07) is 5.38. The molecule has 3 rings (SSSR count). The fourth-order valence-corrected chi connectivity index (χ4v) is 5.35. The summed E-state index contributed by atoms with van der Waals surface area (Å²) in [6.45, 7) is 0. The van der Waals surface area contributed by atoms with Crippen LogP contribution in [0.3, 0.4) is 0 Å². The molecule has 0 unspecified atom stereocenters. The Hall–Kier alpha value is -2.13. The molecule has 3 N–H and O–H groups in total. The number of amides is 1. The quantitative estimate of drug-likeness (QED) is 0.598. The van der Waals surface area contributed by atoms with Crippen LogP contribution in [-0.2, 0) is 14.4 Å². The SMILES string of the molecule is O=C(O)CCSc1nc2ccc(NC(=O)[C@H]3CCCC[C@H]3C(=O)O)cc2s1. The maximum atomic E-state index is 12.6. The number of carbonyl (C=O) groups is 3. The van der Waals surface area contributed by atoms with Crippen LogP contribution < -0.4 is 5.32 Å². The fourth-order valence-electron chi connectivity index (χ4n) is 3.24. The van der Waals surface area contributed by atoms with Gasteiger partial charge in [0.05, 0.1) is 28.5 Å². The lowest BCUT2D eigenvalue weighted by Gasteiger charge is -2.27. The van der Waals surface area contributed by atoms with Gasteiger partial charge in [-0.05, 0) is 31.0 Å². The van der Waals surface area contributed by atoms with E-state index in [0.29, 0.717) is 24.3 Å². The van der Waals surface area contributed by atoms with E-state index in [9.17, 15) is 19.5 Å². The second-order valence-corrected chi connectivity index (χ2v) is 8.85. The number of carbonyl (C=O) groups excluding carboxylic acids is 1. The number of nitrogens with one attached hydrogen (secondary N) is 1. The maximum Gasteiger partial charge on any atom is 0.307 e. The van der Waals surface area contributed by atoms with Crippen molar-refractivity contribution in [3.63, 3.8) is 0 Å². The molecule has 1 saturated carbocycles. The number of carboxylic acid groups (broad SMARTS) is 2. The van der Waals surface area contributed by atoms with Gasteiger partial charge < -0.3 is 15.5 Å².